The van der Waals surface area contributed by atoms with Crippen LogP contribution < -0.4 is 0 Å². The van der Waals surface area contributed by atoms with Crippen molar-refractivity contribution in [2.45, 2.75) is 132 Å². The molecule has 0 saturated carbocycles. The first kappa shape index (κ1) is 28.5. The van der Waals surface area contributed by atoms with E-state index >= 15 is 0 Å². The summed E-state index contributed by atoms with van der Waals surface area (Å²) in [7, 11) is -2.63. The minimum absolute atomic E-state index is 0.623. The zero-order chi connectivity index (χ0) is 21.3. The van der Waals surface area contributed by atoms with Crippen molar-refractivity contribution >= 4 is 21.8 Å². The topological polar surface area (TPSA) is 55.8 Å². The molecule has 2 unspecified atom stereocenters. The van der Waals surface area contributed by atoms with E-state index in [1.165, 1.54) is 83.5 Å². The van der Waals surface area contributed by atoms with Gasteiger partial charge in [-0.1, -0.05) is 39.0 Å². The van der Waals surface area contributed by atoms with Crippen LogP contribution in [0.3, 0.4) is 0 Å². The summed E-state index contributed by atoms with van der Waals surface area (Å²) in [6.07, 6.45) is 19.3. The van der Waals surface area contributed by atoms with Crippen LogP contribution >= 0.6 is 8.25 Å². The second kappa shape index (κ2) is 17.2. The summed E-state index contributed by atoms with van der Waals surface area (Å²) in [6, 6.07) is 0. The normalized spacial score (nSPS) is 15.4. The van der Waals surface area contributed by atoms with Crippen LogP contribution in [0, 0.1) is 0 Å². The summed E-state index contributed by atoms with van der Waals surface area (Å²) >= 11 is -2.43. The van der Waals surface area contributed by atoms with Gasteiger partial charge in [0.1, 0.15) is 0 Å². The standard InChI is InChI=1S/C22H48AsO4P/c1-6-8-9-10-11-12-13-14-15-16-17-18-19-20-21-26-22(7-2,23(3,4)5)27-28(24)25/h23H,6-21H2,1-5H3/p+1. The van der Waals surface area contributed by atoms with Gasteiger partial charge in [-0.2, -0.15) is 0 Å². The van der Waals surface area contributed by atoms with Crippen molar-refractivity contribution in [1.29, 1.82) is 0 Å². The van der Waals surface area contributed by atoms with Gasteiger partial charge in [0, 0.05) is 0 Å². The number of rotatable bonds is 20. The van der Waals surface area contributed by atoms with Gasteiger partial charge in [0.2, 0.25) is 0 Å². The molecule has 2 atom stereocenters. The Labute approximate surface area is 178 Å². The van der Waals surface area contributed by atoms with Crippen molar-refractivity contribution in [2.24, 2.45) is 0 Å². The quantitative estimate of drug-likeness (QED) is 0.0829. The summed E-state index contributed by atoms with van der Waals surface area (Å²) in [6.45, 7) is 4.88. The van der Waals surface area contributed by atoms with Gasteiger partial charge in [0.25, 0.3) is 0 Å². The van der Waals surface area contributed by atoms with Crippen LogP contribution in [0.5, 0.6) is 0 Å². The molecular weight excluding hydrogens is 434 g/mol. The van der Waals surface area contributed by atoms with Crippen molar-refractivity contribution in [3.8, 4) is 0 Å². The van der Waals surface area contributed by atoms with Crippen LogP contribution in [0.15, 0.2) is 0 Å². The molecule has 4 nitrogen and oxygen atoms in total. The molecule has 0 aliphatic heterocycles. The fraction of sp³-hybridized carbons (Fsp3) is 1.00. The molecule has 1 N–H and O–H groups in total. The monoisotopic (exact) mass is 483 g/mol. The van der Waals surface area contributed by atoms with E-state index in [-0.39, 0.29) is 0 Å². The van der Waals surface area contributed by atoms with Gasteiger partial charge in [-0.3, -0.25) is 0 Å². The van der Waals surface area contributed by atoms with E-state index < -0.39 is 26.4 Å². The van der Waals surface area contributed by atoms with E-state index in [4.69, 9.17) is 9.26 Å². The first-order chi connectivity index (χ1) is 13.3. The van der Waals surface area contributed by atoms with E-state index in [0.29, 0.717) is 13.0 Å². The van der Waals surface area contributed by atoms with E-state index in [0.717, 1.165) is 6.42 Å². The zero-order valence-corrected chi connectivity index (χ0v) is 22.4. The average molecular weight is 484 g/mol. The molecule has 0 heterocycles. The van der Waals surface area contributed by atoms with Crippen molar-refractivity contribution in [2.75, 3.05) is 6.61 Å². The van der Waals surface area contributed by atoms with Gasteiger partial charge in [-0.05, 0) is 0 Å². The Morgan fingerprint density at radius 2 is 1.14 bits per heavy atom. The molecule has 0 aromatic rings. The second-order valence-corrected chi connectivity index (χ2v) is 20.8. The van der Waals surface area contributed by atoms with E-state index in [2.05, 4.69) is 24.1 Å². The summed E-state index contributed by atoms with van der Waals surface area (Å²) in [5, 5.41) is 0. The fourth-order valence-corrected chi connectivity index (χ4v) is 10.0. The molecule has 0 spiro atoms. The Morgan fingerprint density at radius 3 is 1.46 bits per heavy atom. The first-order valence-corrected chi connectivity index (χ1v) is 20.3. The van der Waals surface area contributed by atoms with Crippen LogP contribution in [-0.2, 0) is 13.8 Å². The Hall–Kier alpha value is 0.538. The molecule has 0 saturated heterocycles. The summed E-state index contributed by atoms with van der Waals surface area (Å²) in [4.78, 5) is 9.25. The summed E-state index contributed by atoms with van der Waals surface area (Å²) < 4.78 is 21.9. The maximum atomic E-state index is 11.3. The molecule has 0 amide bonds. The van der Waals surface area contributed by atoms with Crippen LogP contribution in [0.1, 0.15) is 110 Å². The summed E-state index contributed by atoms with van der Waals surface area (Å²) in [5.41, 5.74) is 6.52. The van der Waals surface area contributed by atoms with Gasteiger partial charge in [-0.25, -0.2) is 0 Å². The number of hydrogen-bond acceptors (Lipinski definition) is 3. The number of ether oxygens (including phenoxy) is 1. The Balaban J connectivity index is 3.68. The predicted octanol–water partition coefficient (Wildman–Crippen LogP) is 7.87. The Bertz CT molecular complexity index is 387. The van der Waals surface area contributed by atoms with Crippen LogP contribution in [0.4, 0.5) is 0 Å². The molecule has 0 rings (SSSR count). The third-order valence-electron chi connectivity index (χ3n) is 5.67. The van der Waals surface area contributed by atoms with Gasteiger partial charge < -0.3 is 0 Å². The van der Waals surface area contributed by atoms with Crippen molar-refractivity contribution in [3.05, 3.63) is 0 Å². The molecule has 0 radical (unpaired) electrons. The maximum absolute atomic E-state index is 11.3. The third kappa shape index (κ3) is 13.7. The van der Waals surface area contributed by atoms with Crippen LogP contribution in [0.25, 0.3) is 0 Å². The van der Waals surface area contributed by atoms with Crippen molar-refractivity contribution in [1.82, 2.24) is 0 Å². The molecular formula is C22H49AsO4P+. The fourth-order valence-electron chi connectivity index (χ4n) is 3.74. The molecule has 0 fully saturated rings. The molecule has 0 bridgehead atoms. The zero-order valence-electron chi connectivity index (χ0n) is 19.4. The van der Waals surface area contributed by atoms with Crippen molar-refractivity contribution < 1.29 is 18.7 Å². The predicted molar refractivity (Wildman–Crippen MR) is 125 cm³/mol. The third-order valence-corrected chi connectivity index (χ3v) is 12.5. The second-order valence-electron chi connectivity index (χ2n) is 9.13. The first-order valence-electron chi connectivity index (χ1n) is 11.8. The van der Waals surface area contributed by atoms with Gasteiger partial charge in [0.05, 0.1) is 0 Å². The number of hydrogen-bond donors (Lipinski definition) is 1. The average Bonchev–Trinajstić information content (AvgIpc) is 2.62. The van der Waals surface area contributed by atoms with E-state index in [1.807, 2.05) is 6.92 Å². The van der Waals surface area contributed by atoms with Crippen LogP contribution in [0.2, 0.25) is 17.1 Å². The molecule has 170 valence electrons. The Kier molecular flexibility index (Phi) is 17.6. The minimum atomic E-state index is -2.63. The van der Waals surface area contributed by atoms with E-state index in [1.54, 1.807) is 0 Å². The van der Waals surface area contributed by atoms with E-state index in [9.17, 15) is 9.46 Å². The Morgan fingerprint density at radius 1 is 0.750 bits per heavy atom. The molecule has 0 aromatic carbocycles. The van der Waals surface area contributed by atoms with Crippen molar-refractivity contribution in [3.63, 3.8) is 0 Å². The molecule has 28 heavy (non-hydrogen) atoms. The summed E-state index contributed by atoms with van der Waals surface area (Å²) in [5.74, 6) is 0. The van der Waals surface area contributed by atoms with Gasteiger partial charge >= 0.3 is 140 Å². The SMILES string of the molecule is CCCCCCCCCCCCCCCCOC(CC)(O[P+](=O)O)[AsH](C)(C)C. The molecule has 0 aliphatic rings. The molecule has 0 aromatic heterocycles. The van der Waals surface area contributed by atoms with Gasteiger partial charge in [0.15, 0.2) is 0 Å². The number of unbranched alkanes of at least 4 members (excludes halogenated alkanes) is 13. The van der Waals surface area contributed by atoms with Crippen LogP contribution in [-0.4, -0.2) is 29.6 Å². The molecule has 6 heteroatoms. The van der Waals surface area contributed by atoms with Gasteiger partial charge in [-0.15, -0.1) is 0 Å². The molecule has 0 aliphatic carbocycles.